The monoisotopic (exact) mass is 247 g/mol. The van der Waals surface area contributed by atoms with Crippen molar-refractivity contribution in [2.45, 2.75) is 19.4 Å². The summed E-state index contributed by atoms with van der Waals surface area (Å²) in [4.78, 5) is 27.5. The number of ether oxygens (including phenoxy) is 1. The van der Waals surface area contributed by atoms with Gasteiger partial charge >= 0.3 is 5.97 Å². The van der Waals surface area contributed by atoms with Crippen molar-refractivity contribution >= 4 is 11.7 Å². The molecule has 0 aliphatic heterocycles. The molecule has 1 aliphatic carbocycles. The third-order valence-corrected chi connectivity index (χ3v) is 3.13. The van der Waals surface area contributed by atoms with Crippen molar-refractivity contribution < 1.29 is 9.53 Å². The molecule has 0 N–H and O–H groups in total. The van der Waals surface area contributed by atoms with E-state index in [-0.39, 0.29) is 11.3 Å². The Morgan fingerprint density at radius 3 is 2.94 bits per heavy atom. The standard InChI is InChI=1S/C12H13N3O3/c1-18-11(17)9-6-10(16)15-5-4-14(12(15)13-9)7-8-2-3-8/h4-6,8H,2-3,7H2,1H3. The number of rotatable bonds is 3. The lowest BCUT2D eigenvalue weighted by Crippen LogP contribution is -2.18. The van der Waals surface area contributed by atoms with E-state index in [1.54, 1.807) is 6.20 Å². The molecular formula is C12H13N3O3. The van der Waals surface area contributed by atoms with E-state index in [9.17, 15) is 9.59 Å². The topological polar surface area (TPSA) is 65.6 Å². The molecule has 0 bridgehead atoms. The first-order chi connectivity index (χ1) is 8.69. The minimum absolute atomic E-state index is 0.0539. The summed E-state index contributed by atoms with van der Waals surface area (Å²) in [5.74, 6) is 0.573. The highest BCUT2D eigenvalue weighted by Gasteiger charge is 2.23. The summed E-state index contributed by atoms with van der Waals surface area (Å²) in [6.07, 6.45) is 5.92. The summed E-state index contributed by atoms with van der Waals surface area (Å²) >= 11 is 0. The molecule has 2 aromatic heterocycles. The first kappa shape index (κ1) is 11.0. The van der Waals surface area contributed by atoms with Crippen LogP contribution in [0.5, 0.6) is 0 Å². The van der Waals surface area contributed by atoms with E-state index in [2.05, 4.69) is 9.72 Å². The molecule has 0 aromatic carbocycles. The molecule has 0 amide bonds. The van der Waals surface area contributed by atoms with Crippen LogP contribution < -0.4 is 5.56 Å². The van der Waals surface area contributed by atoms with Gasteiger partial charge in [0.15, 0.2) is 5.69 Å². The fraction of sp³-hybridized carbons (Fsp3) is 0.417. The predicted molar refractivity (Wildman–Crippen MR) is 63.5 cm³/mol. The second kappa shape index (κ2) is 3.97. The van der Waals surface area contributed by atoms with Crippen LogP contribution in [-0.4, -0.2) is 27.0 Å². The van der Waals surface area contributed by atoms with E-state index < -0.39 is 5.97 Å². The molecule has 0 radical (unpaired) electrons. The molecule has 2 heterocycles. The molecule has 94 valence electrons. The van der Waals surface area contributed by atoms with Gasteiger partial charge in [0.2, 0.25) is 5.78 Å². The van der Waals surface area contributed by atoms with Crippen molar-refractivity contribution in [2.24, 2.45) is 5.92 Å². The van der Waals surface area contributed by atoms with E-state index >= 15 is 0 Å². The molecule has 1 aliphatic rings. The number of fused-ring (bicyclic) bond motifs is 1. The van der Waals surface area contributed by atoms with Gasteiger partial charge in [-0.05, 0) is 18.8 Å². The average Bonchev–Trinajstić information content (AvgIpc) is 3.09. The number of carbonyl (C=O) groups is 1. The Morgan fingerprint density at radius 2 is 2.28 bits per heavy atom. The molecule has 1 fully saturated rings. The number of methoxy groups -OCH3 is 1. The average molecular weight is 247 g/mol. The van der Waals surface area contributed by atoms with Crippen LogP contribution in [0.4, 0.5) is 0 Å². The number of carbonyl (C=O) groups excluding carboxylic acids is 1. The van der Waals surface area contributed by atoms with Gasteiger partial charge in [0, 0.05) is 25.0 Å². The fourth-order valence-electron chi connectivity index (χ4n) is 1.97. The van der Waals surface area contributed by atoms with E-state index in [0.717, 1.165) is 6.54 Å². The number of hydrogen-bond acceptors (Lipinski definition) is 4. The highest BCUT2D eigenvalue weighted by molar-refractivity contribution is 5.87. The molecule has 18 heavy (non-hydrogen) atoms. The number of hydrogen-bond donors (Lipinski definition) is 0. The van der Waals surface area contributed by atoms with Crippen molar-refractivity contribution in [2.75, 3.05) is 7.11 Å². The zero-order valence-electron chi connectivity index (χ0n) is 10.00. The van der Waals surface area contributed by atoms with Gasteiger partial charge in [0.05, 0.1) is 7.11 Å². The smallest absolute Gasteiger partial charge is 0.357 e. The predicted octanol–water partition coefficient (Wildman–Crippen LogP) is 0.693. The zero-order chi connectivity index (χ0) is 12.7. The Hall–Kier alpha value is -2.11. The second-order valence-corrected chi connectivity index (χ2v) is 4.54. The Labute approximate surface area is 103 Å². The Kier molecular flexibility index (Phi) is 2.43. The van der Waals surface area contributed by atoms with Crippen LogP contribution in [0.2, 0.25) is 0 Å². The summed E-state index contributed by atoms with van der Waals surface area (Å²) in [5.41, 5.74) is -0.215. The van der Waals surface area contributed by atoms with Gasteiger partial charge in [0.1, 0.15) is 0 Å². The van der Waals surface area contributed by atoms with Crippen molar-refractivity contribution in [3.63, 3.8) is 0 Å². The van der Waals surface area contributed by atoms with E-state index in [1.807, 2.05) is 10.8 Å². The maximum Gasteiger partial charge on any atom is 0.357 e. The van der Waals surface area contributed by atoms with Gasteiger partial charge in [-0.15, -0.1) is 0 Å². The van der Waals surface area contributed by atoms with E-state index in [1.165, 1.54) is 30.4 Å². The van der Waals surface area contributed by atoms with Gasteiger partial charge in [-0.2, -0.15) is 0 Å². The van der Waals surface area contributed by atoms with Gasteiger partial charge in [-0.25, -0.2) is 9.78 Å². The summed E-state index contributed by atoms with van der Waals surface area (Å²) in [7, 11) is 1.27. The Morgan fingerprint density at radius 1 is 1.50 bits per heavy atom. The lowest BCUT2D eigenvalue weighted by atomic mass is 10.4. The maximum atomic E-state index is 11.8. The Balaban J connectivity index is 2.12. The van der Waals surface area contributed by atoms with E-state index in [0.29, 0.717) is 11.7 Å². The first-order valence-corrected chi connectivity index (χ1v) is 5.86. The molecule has 6 heteroatoms. The minimum Gasteiger partial charge on any atom is -0.464 e. The van der Waals surface area contributed by atoms with Crippen LogP contribution in [0.3, 0.4) is 0 Å². The summed E-state index contributed by atoms with van der Waals surface area (Å²) in [6.45, 7) is 0.841. The van der Waals surface area contributed by atoms with Crippen LogP contribution >= 0.6 is 0 Å². The van der Waals surface area contributed by atoms with Crippen LogP contribution in [0, 0.1) is 5.92 Å². The van der Waals surface area contributed by atoms with Crippen LogP contribution in [0.25, 0.3) is 5.78 Å². The highest BCUT2D eigenvalue weighted by Crippen LogP contribution is 2.30. The number of aromatic nitrogens is 3. The third kappa shape index (κ3) is 1.79. The third-order valence-electron chi connectivity index (χ3n) is 3.13. The van der Waals surface area contributed by atoms with Crippen LogP contribution in [0.1, 0.15) is 23.3 Å². The first-order valence-electron chi connectivity index (χ1n) is 5.86. The summed E-state index contributed by atoms with van der Waals surface area (Å²) in [5, 5.41) is 0. The van der Waals surface area contributed by atoms with Crippen molar-refractivity contribution in [1.82, 2.24) is 14.0 Å². The highest BCUT2D eigenvalue weighted by atomic mass is 16.5. The molecular weight excluding hydrogens is 234 g/mol. The van der Waals surface area contributed by atoms with Gasteiger partial charge in [-0.1, -0.05) is 0 Å². The van der Waals surface area contributed by atoms with Crippen LogP contribution in [0.15, 0.2) is 23.3 Å². The number of esters is 1. The molecule has 1 saturated carbocycles. The molecule has 3 rings (SSSR count). The van der Waals surface area contributed by atoms with Gasteiger partial charge in [0.25, 0.3) is 5.56 Å². The van der Waals surface area contributed by atoms with Crippen molar-refractivity contribution in [3.8, 4) is 0 Å². The van der Waals surface area contributed by atoms with Crippen molar-refractivity contribution in [3.05, 3.63) is 34.5 Å². The quantitative estimate of drug-likeness (QED) is 0.748. The lowest BCUT2D eigenvalue weighted by Gasteiger charge is -2.03. The van der Waals surface area contributed by atoms with Gasteiger partial charge < -0.3 is 9.30 Å². The minimum atomic E-state index is -0.589. The largest absolute Gasteiger partial charge is 0.464 e. The fourth-order valence-corrected chi connectivity index (χ4v) is 1.97. The Bertz CT molecular complexity index is 667. The zero-order valence-corrected chi connectivity index (χ0v) is 10.00. The maximum absolute atomic E-state index is 11.8. The molecule has 0 atom stereocenters. The summed E-state index contributed by atoms with van der Waals surface area (Å²) < 4.78 is 7.94. The molecule has 0 spiro atoms. The summed E-state index contributed by atoms with van der Waals surface area (Å²) in [6, 6.07) is 1.19. The van der Waals surface area contributed by atoms with E-state index in [4.69, 9.17) is 0 Å². The number of nitrogens with zero attached hydrogens (tertiary/aromatic N) is 3. The lowest BCUT2D eigenvalue weighted by molar-refractivity contribution is 0.0594. The normalized spacial score (nSPS) is 14.9. The van der Waals surface area contributed by atoms with Crippen molar-refractivity contribution in [1.29, 1.82) is 0 Å². The van der Waals surface area contributed by atoms with Gasteiger partial charge in [-0.3, -0.25) is 9.20 Å². The molecule has 0 unspecified atom stereocenters. The SMILES string of the molecule is COC(=O)c1cc(=O)n2ccn(CC3CC3)c2n1. The molecule has 2 aromatic rings. The van der Waals surface area contributed by atoms with Crippen LogP contribution in [-0.2, 0) is 11.3 Å². The second-order valence-electron chi connectivity index (χ2n) is 4.54. The number of imidazole rings is 1. The molecule has 6 nitrogen and oxygen atoms in total. The molecule has 0 saturated heterocycles.